The summed E-state index contributed by atoms with van der Waals surface area (Å²) in [5.74, 6) is 0.558. The average molecular weight is 242 g/mol. The maximum Gasteiger partial charge on any atom is 0.222 e. The van der Waals surface area contributed by atoms with Crippen LogP contribution in [-0.4, -0.2) is 41.7 Å². The molecule has 1 saturated carbocycles. The predicted molar refractivity (Wildman–Crippen MR) is 68.5 cm³/mol. The second kappa shape index (κ2) is 7.67. The highest BCUT2D eigenvalue weighted by atomic mass is 16.3. The van der Waals surface area contributed by atoms with Crippen molar-refractivity contribution < 1.29 is 9.90 Å². The number of aliphatic hydroxyl groups is 1. The van der Waals surface area contributed by atoms with Crippen LogP contribution in [0.4, 0.5) is 0 Å². The summed E-state index contributed by atoms with van der Waals surface area (Å²) in [6.45, 7) is 3.51. The lowest BCUT2D eigenvalue weighted by Gasteiger charge is -2.30. The van der Waals surface area contributed by atoms with E-state index in [-0.39, 0.29) is 18.6 Å². The van der Waals surface area contributed by atoms with Gasteiger partial charge in [0.2, 0.25) is 5.91 Å². The highest BCUT2D eigenvalue weighted by molar-refractivity contribution is 5.76. The maximum atomic E-state index is 12.1. The van der Waals surface area contributed by atoms with Crippen molar-refractivity contribution in [1.29, 1.82) is 0 Å². The zero-order valence-electron chi connectivity index (χ0n) is 10.9. The minimum Gasteiger partial charge on any atom is -0.396 e. The van der Waals surface area contributed by atoms with Gasteiger partial charge in [0.05, 0.1) is 0 Å². The molecule has 0 heterocycles. The largest absolute Gasteiger partial charge is 0.396 e. The van der Waals surface area contributed by atoms with Crippen LogP contribution < -0.4 is 5.73 Å². The van der Waals surface area contributed by atoms with Crippen LogP contribution in [0.25, 0.3) is 0 Å². The van der Waals surface area contributed by atoms with Gasteiger partial charge in [-0.25, -0.2) is 0 Å². The highest BCUT2D eigenvalue weighted by Crippen LogP contribution is 2.26. The molecule has 0 saturated heterocycles. The van der Waals surface area contributed by atoms with Crippen LogP contribution in [0.15, 0.2) is 0 Å². The van der Waals surface area contributed by atoms with Gasteiger partial charge < -0.3 is 15.7 Å². The molecule has 1 rings (SSSR count). The van der Waals surface area contributed by atoms with Crippen molar-refractivity contribution >= 4 is 5.91 Å². The summed E-state index contributed by atoms with van der Waals surface area (Å²) in [4.78, 5) is 13.9. The third-order valence-electron chi connectivity index (χ3n) is 3.73. The van der Waals surface area contributed by atoms with E-state index in [4.69, 9.17) is 10.8 Å². The van der Waals surface area contributed by atoms with E-state index in [1.165, 1.54) is 12.8 Å². The summed E-state index contributed by atoms with van der Waals surface area (Å²) in [5.41, 5.74) is 6.06. The molecule has 0 bridgehead atoms. The molecule has 0 aliphatic heterocycles. The number of nitrogens with two attached hydrogens (primary N) is 1. The molecule has 0 aromatic rings. The number of aliphatic hydroxyl groups excluding tert-OH is 1. The van der Waals surface area contributed by atoms with Gasteiger partial charge in [-0.2, -0.15) is 0 Å². The van der Waals surface area contributed by atoms with Gasteiger partial charge in [0.15, 0.2) is 0 Å². The van der Waals surface area contributed by atoms with E-state index in [0.717, 1.165) is 19.4 Å². The van der Waals surface area contributed by atoms with Crippen LogP contribution in [0.1, 0.15) is 45.4 Å². The number of hydrogen-bond donors (Lipinski definition) is 2. The smallest absolute Gasteiger partial charge is 0.222 e. The van der Waals surface area contributed by atoms with Gasteiger partial charge in [-0.05, 0) is 32.1 Å². The molecule has 1 aliphatic rings. The molecular weight excluding hydrogens is 216 g/mol. The van der Waals surface area contributed by atoms with Crippen LogP contribution in [-0.2, 0) is 4.79 Å². The molecule has 4 heteroatoms. The summed E-state index contributed by atoms with van der Waals surface area (Å²) in [6, 6.07) is 0.198. The lowest BCUT2D eigenvalue weighted by atomic mass is 9.82. The number of hydrogen-bond acceptors (Lipinski definition) is 3. The van der Waals surface area contributed by atoms with Gasteiger partial charge in [-0.1, -0.05) is 12.8 Å². The molecule has 100 valence electrons. The Morgan fingerprint density at radius 3 is 2.71 bits per heavy atom. The van der Waals surface area contributed by atoms with Crippen LogP contribution in [0, 0.1) is 5.92 Å². The normalized spacial score (nSPS) is 24.6. The molecule has 0 aromatic carbocycles. The van der Waals surface area contributed by atoms with Crippen molar-refractivity contribution in [3.05, 3.63) is 0 Å². The first-order valence-electron chi connectivity index (χ1n) is 6.83. The number of carbonyl (C=O) groups excluding carboxylic acids is 1. The summed E-state index contributed by atoms with van der Waals surface area (Å²) in [6.07, 6.45) is 5.80. The first-order chi connectivity index (χ1) is 8.19. The Morgan fingerprint density at radius 2 is 2.12 bits per heavy atom. The minimum atomic E-state index is 0.146. The fraction of sp³-hybridized carbons (Fsp3) is 0.923. The number of carbonyl (C=O) groups is 1. The molecule has 0 spiro atoms. The first-order valence-corrected chi connectivity index (χ1v) is 6.83. The van der Waals surface area contributed by atoms with Crippen molar-refractivity contribution in [3.8, 4) is 0 Å². The Hall–Kier alpha value is -0.610. The van der Waals surface area contributed by atoms with Gasteiger partial charge >= 0.3 is 0 Å². The quantitative estimate of drug-likeness (QED) is 0.733. The SMILES string of the molecule is CCN(CCCO)C(=O)CC1CCCCC1N. The van der Waals surface area contributed by atoms with Crippen LogP contribution >= 0.6 is 0 Å². The van der Waals surface area contributed by atoms with E-state index >= 15 is 0 Å². The molecule has 4 nitrogen and oxygen atoms in total. The maximum absolute atomic E-state index is 12.1. The molecular formula is C13H26N2O2. The van der Waals surface area contributed by atoms with Gasteiger partial charge in [-0.3, -0.25) is 4.79 Å². The number of rotatable bonds is 6. The predicted octanol–water partition coefficient (Wildman–Crippen LogP) is 1.12. The topological polar surface area (TPSA) is 66.6 Å². The van der Waals surface area contributed by atoms with Gasteiger partial charge in [-0.15, -0.1) is 0 Å². The Morgan fingerprint density at radius 1 is 1.41 bits per heavy atom. The average Bonchev–Trinajstić information content (AvgIpc) is 2.33. The van der Waals surface area contributed by atoms with Gasteiger partial charge in [0.25, 0.3) is 0 Å². The molecule has 2 unspecified atom stereocenters. The fourth-order valence-electron chi connectivity index (χ4n) is 2.56. The van der Waals surface area contributed by atoms with E-state index in [9.17, 15) is 4.79 Å². The third kappa shape index (κ3) is 4.64. The van der Waals surface area contributed by atoms with Crippen LogP contribution in [0.2, 0.25) is 0 Å². The molecule has 17 heavy (non-hydrogen) atoms. The minimum absolute atomic E-state index is 0.146. The molecule has 1 amide bonds. The van der Waals surface area contributed by atoms with Crippen molar-refractivity contribution in [2.45, 2.75) is 51.5 Å². The van der Waals surface area contributed by atoms with Crippen molar-refractivity contribution in [1.82, 2.24) is 4.90 Å². The van der Waals surface area contributed by atoms with E-state index in [2.05, 4.69) is 0 Å². The molecule has 1 fully saturated rings. The highest BCUT2D eigenvalue weighted by Gasteiger charge is 2.25. The number of nitrogens with zero attached hydrogens (tertiary/aromatic N) is 1. The Bertz CT molecular complexity index is 233. The van der Waals surface area contributed by atoms with Gasteiger partial charge in [0.1, 0.15) is 0 Å². The van der Waals surface area contributed by atoms with Gasteiger partial charge in [0, 0.05) is 32.2 Å². The molecule has 3 N–H and O–H groups in total. The van der Waals surface area contributed by atoms with Crippen molar-refractivity contribution in [3.63, 3.8) is 0 Å². The first kappa shape index (κ1) is 14.5. The zero-order valence-corrected chi connectivity index (χ0v) is 10.9. The lowest BCUT2D eigenvalue weighted by Crippen LogP contribution is -2.39. The molecule has 0 radical (unpaired) electrons. The van der Waals surface area contributed by atoms with E-state index in [1.807, 2.05) is 11.8 Å². The fourth-order valence-corrected chi connectivity index (χ4v) is 2.56. The second-order valence-electron chi connectivity index (χ2n) is 4.96. The molecule has 2 atom stereocenters. The third-order valence-corrected chi connectivity index (χ3v) is 3.73. The summed E-state index contributed by atoms with van der Waals surface area (Å²) in [7, 11) is 0. The molecule has 1 aliphatic carbocycles. The van der Waals surface area contributed by atoms with Crippen LogP contribution in [0.5, 0.6) is 0 Å². The van der Waals surface area contributed by atoms with Crippen LogP contribution in [0.3, 0.4) is 0 Å². The standard InChI is InChI=1S/C13H26N2O2/c1-2-15(8-5-9-16)13(17)10-11-6-3-4-7-12(11)14/h11-12,16H,2-10,14H2,1H3. The van der Waals surface area contributed by atoms with Crippen molar-refractivity contribution in [2.75, 3.05) is 19.7 Å². The Kier molecular flexibility index (Phi) is 6.52. The zero-order chi connectivity index (χ0) is 12.7. The van der Waals surface area contributed by atoms with E-state index < -0.39 is 0 Å². The Balaban J connectivity index is 2.39. The van der Waals surface area contributed by atoms with E-state index in [1.54, 1.807) is 0 Å². The summed E-state index contributed by atoms with van der Waals surface area (Å²) in [5, 5.41) is 8.80. The monoisotopic (exact) mass is 242 g/mol. The number of amides is 1. The summed E-state index contributed by atoms with van der Waals surface area (Å²) >= 11 is 0. The molecule has 0 aromatic heterocycles. The van der Waals surface area contributed by atoms with Crippen molar-refractivity contribution in [2.24, 2.45) is 11.7 Å². The second-order valence-corrected chi connectivity index (χ2v) is 4.96. The Labute approximate surface area is 104 Å². The van der Waals surface area contributed by atoms with E-state index in [0.29, 0.717) is 25.3 Å². The summed E-state index contributed by atoms with van der Waals surface area (Å²) < 4.78 is 0. The lowest BCUT2D eigenvalue weighted by molar-refractivity contribution is -0.132.